The van der Waals surface area contributed by atoms with E-state index in [9.17, 15) is 9.59 Å². The van der Waals surface area contributed by atoms with Gasteiger partial charge in [0.25, 0.3) is 0 Å². The van der Waals surface area contributed by atoms with Crippen LogP contribution in [-0.2, 0) is 4.79 Å². The van der Waals surface area contributed by atoms with Gasteiger partial charge in [-0.25, -0.2) is 4.79 Å². The first-order valence-electron chi connectivity index (χ1n) is 4.08. The van der Waals surface area contributed by atoms with Crippen LogP contribution in [0.15, 0.2) is 28.7 Å². The molecule has 1 rings (SSSR count). The highest BCUT2D eigenvalue weighted by Gasteiger charge is 2.39. The van der Waals surface area contributed by atoms with E-state index in [4.69, 9.17) is 16.7 Å². The fourth-order valence-corrected chi connectivity index (χ4v) is 1.51. The van der Waals surface area contributed by atoms with Crippen LogP contribution in [0.2, 0.25) is 0 Å². The first-order valence-corrected chi connectivity index (χ1v) is 5.25. The number of halogens is 2. The summed E-state index contributed by atoms with van der Waals surface area (Å²) in [5.74, 6) is -1.98. The molecule has 1 atom stereocenters. The average molecular weight is 292 g/mol. The first-order chi connectivity index (χ1) is 6.85. The molecule has 0 spiro atoms. The first kappa shape index (κ1) is 12.2. The van der Waals surface area contributed by atoms with Crippen LogP contribution in [0.25, 0.3) is 0 Å². The summed E-state index contributed by atoms with van der Waals surface area (Å²) < 4.78 is 0.700. The molecule has 80 valence electrons. The largest absolute Gasteiger partial charge is 0.480 e. The van der Waals surface area contributed by atoms with Gasteiger partial charge in [-0.3, -0.25) is 4.79 Å². The number of alkyl halides is 1. The van der Waals surface area contributed by atoms with Gasteiger partial charge in [0.2, 0.25) is 4.87 Å². The SMILES string of the molecule is CC(Cl)(C(=O)O)C(=O)c1cccc(Br)c1. The maximum atomic E-state index is 11.7. The Morgan fingerprint density at radius 3 is 2.53 bits per heavy atom. The molecule has 1 aromatic carbocycles. The van der Waals surface area contributed by atoms with Crippen molar-refractivity contribution in [3.8, 4) is 0 Å². The van der Waals surface area contributed by atoms with Crippen LogP contribution >= 0.6 is 27.5 Å². The van der Waals surface area contributed by atoms with Crippen molar-refractivity contribution in [1.82, 2.24) is 0 Å². The van der Waals surface area contributed by atoms with E-state index in [1.54, 1.807) is 12.1 Å². The van der Waals surface area contributed by atoms with Crippen LogP contribution < -0.4 is 0 Å². The number of aliphatic carboxylic acids is 1. The monoisotopic (exact) mass is 290 g/mol. The molecule has 1 unspecified atom stereocenters. The molecule has 0 saturated carbocycles. The molecular weight excluding hydrogens is 283 g/mol. The zero-order chi connectivity index (χ0) is 11.6. The van der Waals surface area contributed by atoms with Crippen molar-refractivity contribution in [3.63, 3.8) is 0 Å². The van der Waals surface area contributed by atoms with Gasteiger partial charge in [0.05, 0.1) is 0 Å². The van der Waals surface area contributed by atoms with Crippen LogP contribution in [0.5, 0.6) is 0 Å². The van der Waals surface area contributed by atoms with Crippen LogP contribution in [0.1, 0.15) is 17.3 Å². The van der Waals surface area contributed by atoms with Crippen molar-refractivity contribution in [2.75, 3.05) is 0 Å². The molecule has 3 nitrogen and oxygen atoms in total. The molecule has 0 saturated heterocycles. The highest BCUT2D eigenvalue weighted by molar-refractivity contribution is 9.10. The zero-order valence-corrected chi connectivity index (χ0v) is 10.2. The molecule has 0 fully saturated rings. The van der Waals surface area contributed by atoms with E-state index >= 15 is 0 Å². The second-order valence-corrected chi connectivity index (χ2v) is 4.82. The lowest BCUT2D eigenvalue weighted by Crippen LogP contribution is -2.37. The number of hydrogen-bond donors (Lipinski definition) is 1. The molecule has 0 heterocycles. The lowest BCUT2D eigenvalue weighted by molar-refractivity contribution is -0.138. The van der Waals surface area contributed by atoms with Gasteiger partial charge in [-0.15, -0.1) is 0 Å². The normalized spacial score (nSPS) is 14.3. The van der Waals surface area contributed by atoms with E-state index in [1.165, 1.54) is 19.1 Å². The van der Waals surface area contributed by atoms with Crippen molar-refractivity contribution >= 4 is 39.3 Å². The molecule has 0 aliphatic rings. The van der Waals surface area contributed by atoms with Crippen LogP contribution in [0.3, 0.4) is 0 Å². The fraction of sp³-hybridized carbons (Fsp3) is 0.200. The molecule has 1 N–H and O–H groups in total. The van der Waals surface area contributed by atoms with Gasteiger partial charge in [0.15, 0.2) is 5.78 Å². The molecule has 0 aromatic heterocycles. The van der Waals surface area contributed by atoms with E-state index in [-0.39, 0.29) is 5.56 Å². The summed E-state index contributed by atoms with van der Waals surface area (Å²) in [5, 5.41) is 8.78. The molecule has 0 bridgehead atoms. The fourth-order valence-electron chi connectivity index (χ4n) is 0.998. The second kappa shape index (κ2) is 4.33. The average Bonchev–Trinajstić information content (AvgIpc) is 2.16. The third-order valence-corrected chi connectivity index (χ3v) is 2.74. The van der Waals surface area contributed by atoms with Gasteiger partial charge in [-0.2, -0.15) is 0 Å². The number of carbonyl (C=O) groups excluding carboxylic acids is 1. The highest BCUT2D eigenvalue weighted by atomic mass is 79.9. The van der Waals surface area contributed by atoms with Crippen molar-refractivity contribution < 1.29 is 14.7 Å². The Hall–Kier alpha value is -0.870. The number of hydrogen-bond acceptors (Lipinski definition) is 2. The number of ketones is 1. The van der Waals surface area contributed by atoms with Gasteiger partial charge in [0.1, 0.15) is 0 Å². The molecule has 5 heteroatoms. The summed E-state index contributed by atoms with van der Waals surface area (Å²) in [7, 11) is 0. The van der Waals surface area contributed by atoms with E-state index < -0.39 is 16.6 Å². The number of carboxylic acids is 1. The van der Waals surface area contributed by atoms with Crippen LogP contribution in [0.4, 0.5) is 0 Å². The maximum absolute atomic E-state index is 11.7. The third-order valence-electron chi connectivity index (χ3n) is 1.91. The Labute approximate surface area is 100 Å². The summed E-state index contributed by atoms with van der Waals surface area (Å²) in [5.41, 5.74) is 0.268. The molecule has 0 aliphatic heterocycles. The molecule has 0 amide bonds. The van der Waals surface area contributed by atoms with Crippen molar-refractivity contribution in [3.05, 3.63) is 34.3 Å². The Kier molecular flexibility index (Phi) is 3.52. The summed E-state index contributed by atoms with van der Waals surface area (Å²) in [6.45, 7) is 1.17. The van der Waals surface area contributed by atoms with E-state index in [0.29, 0.717) is 4.47 Å². The summed E-state index contributed by atoms with van der Waals surface area (Å²) in [6, 6.07) is 6.44. The smallest absolute Gasteiger partial charge is 0.332 e. The highest BCUT2D eigenvalue weighted by Crippen LogP contribution is 2.23. The van der Waals surface area contributed by atoms with E-state index in [0.717, 1.165) is 0 Å². The Morgan fingerprint density at radius 2 is 2.07 bits per heavy atom. The van der Waals surface area contributed by atoms with Gasteiger partial charge in [-0.1, -0.05) is 39.7 Å². The Bertz CT molecular complexity index is 415. The van der Waals surface area contributed by atoms with Crippen molar-refractivity contribution in [2.45, 2.75) is 11.8 Å². The minimum Gasteiger partial charge on any atom is -0.480 e. The quantitative estimate of drug-likeness (QED) is 0.529. The molecule has 0 radical (unpaired) electrons. The van der Waals surface area contributed by atoms with Gasteiger partial charge in [0, 0.05) is 10.0 Å². The number of rotatable bonds is 3. The summed E-state index contributed by atoms with van der Waals surface area (Å²) in [6.07, 6.45) is 0. The second-order valence-electron chi connectivity index (χ2n) is 3.15. The lowest BCUT2D eigenvalue weighted by atomic mass is 9.99. The van der Waals surface area contributed by atoms with Gasteiger partial charge < -0.3 is 5.11 Å². The molecule has 15 heavy (non-hydrogen) atoms. The lowest BCUT2D eigenvalue weighted by Gasteiger charge is -2.14. The van der Waals surface area contributed by atoms with E-state index in [2.05, 4.69) is 15.9 Å². The van der Waals surface area contributed by atoms with Gasteiger partial charge in [-0.05, 0) is 19.1 Å². The van der Waals surface area contributed by atoms with E-state index in [1.807, 2.05) is 0 Å². The molecular formula is C10H8BrClO3. The number of carboxylic acid groups (broad SMARTS) is 1. The van der Waals surface area contributed by atoms with Crippen LogP contribution in [-0.4, -0.2) is 21.7 Å². The van der Waals surface area contributed by atoms with Crippen molar-refractivity contribution in [2.24, 2.45) is 0 Å². The van der Waals surface area contributed by atoms with Crippen LogP contribution in [0, 0.1) is 0 Å². The summed E-state index contributed by atoms with van der Waals surface area (Å²) in [4.78, 5) is 20.6. The molecule has 0 aliphatic carbocycles. The minimum atomic E-state index is -1.92. The number of Topliss-reactive ketones (excluding diaryl/α,β-unsaturated/α-hetero) is 1. The zero-order valence-electron chi connectivity index (χ0n) is 7.83. The summed E-state index contributed by atoms with van der Waals surface area (Å²) >= 11 is 8.84. The minimum absolute atomic E-state index is 0.268. The predicted octanol–water partition coefficient (Wildman–Crippen LogP) is 2.71. The van der Waals surface area contributed by atoms with Crippen molar-refractivity contribution in [1.29, 1.82) is 0 Å². The predicted molar refractivity (Wildman–Crippen MR) is 60.4 cm³/mol. The standard InChI is InChI=1S/C10H8BrClO3/c1-10(12,9(14)15)8(13)6-3-2-4-7(11)5-6/h2-5H,1H3,(H,14,15). The maximum Gasteiger partial charge on any atom is 0.332 e. The Balaban J connectivity index is 3.10. The van der Waals surface area contributed by atoms with Gasteiger partial charge >= 0.3 is 5.97 Å². The third kappa shape index (κ3) is 2.58. The number of carbonyl (C=O) groups is 2. The number of benzene rings is 1. The molecule has 1 aromatic rings. The topological polar surface area (TPSA) is 54.4 Å². The Morgan fingerprint density at radius 1 is 1.47 bits per heavy atom.